The highest BCUT2D eigenvalue weighted by molar-refractivity contribution is 6.04. The molecule has 33 heavy (non-hydrogen) atoms. The molecule has 0 amide bonds. The van der Waals surface area contributed by atoms with Crippen LogP contribution in [-0.2, 0) is 30.4 Å². The molecule has 0 aromatic heterocycles. The first kappa shape index (κ1) is 26.8. The molecule has 180 valence electrons. The quantitative estimate of drug-likeness (QED) is 0.216. The summed E-state index contributed by atoms with van der Waals surface area (Å²) in [5.74, 6) is -1.05. The summed E-state index contributed by atoms with van der Waals surface area (Å²) in [5.41, 5.74) is 5.28. The summed E-state index contributed by atoms with van der Waals surface area (Å²) in [5, 5.41) is 0. The second-order valence-corrected chi connectivity index (χ2v) is 9.07. The third-order valence-electron chi connectivity index (χ3n) is 6.21. The van der Waals surface area contributed by atoms with E-state index in [1.54, 1.807) is 0 Å². The Morgan fingerprint density at radius 3 is 1.30 bits per heavy atom. The monoisotopic (exact) mass is 450 g/mol. The largest absolute Gasteiger partial charge is 0.386 e. The minimum atomic E-state index is -0.523. The average Bonchev–Trinajstić information content (AvgIpc) is 2.83. The number of hydrogen-bond acceptors (Lipinski definition) is 3. The summed E-state index contributed by atoms with van der Waals surface area (Å²) in [6, 6.07) is 12.2. The minimum Gasteiger partial charge on any atom is -0.386 e. The molecule has 0 unspecified atom stereocenters. The topological polar surface area (TPSA) is 43.4 Å². The normalized spacial score (nSPS) is 10.9. The van der Waals surface area contributed by atoms with Crippen LogP contribution in [0.15, 0.2) is 36.4 Å². The first-order valence-electron chi connectivity index (χ1n) is 13.0. The third kappa shape index (κ3) is 8.46. The van der Waals surface area contributed by atoms with E-state index in [0.29, 0.717) is 11.1 Å². The SMILES string of the molecule is CCCCc1ccc(CCCC)c(C(=O)OC(=O)c2cc(CCCC)ccc2CCCC)c1. The third-order valence-corrected chi connectivity index (χ3v) is 6.21. The Kier molecular flexibility index (Phi) is 11.9. The molecule has 2 aromatic rings. The highest BCUT2D eigenvalue weighted by atomic mass is 16.6. The van der Waals surface area contributed by atoms with Crippen molar-refractivity contribution in [2.24, 2.45) is 0 Å². The first-order chi connectivity index (χ1) is 16.0. The van der Waals surface area contributed by atoms with Gasteiger partial charge >= 0.3 is 11.9 Å². The van der Waals surface area contributed by atoms with Crippen molar-refractivity contribution in [1.82, 2.24) is 0 Å². The molecule has 0 aliphatic carbocycles. The van der Waals surface area contributed by atoms with E-state index in [4.69, 9.17) is 4.74 Å². The van der Waals surface area contributed by atoms with Gasteiger partial charge in [-0.25, -0.2) is 9.59 Å². The van der Waals surface area contributed by atoms with Gasteiger partial charge in [-0.15, -0.1) is 0 Å². The number of unbranched alkanes of at least 4 members (excludes halogenated alkanes) is 4. The highest BCUT2D eigenvalue weighted by Crippen LogP contribution is 2.21. The van der Waals surface area contributed by atoms with Crippen LogP contribution in [0.4, 0.5) is 0 Å². The Labute approximate surface area is 200 Å². The molecule has 0 N–H and O–H groups in total. The number of carbonyl (C=O) groups is 2. The molecule has 0 radical (unpaired) electrons. The lowest BCUT2D eigenvalue weighted by molar-refractivity contribution is 0.0396. The Hall–Kier alpha value is -2.42. The molecule has 0 bridgehead atoms. The van der Waals surface area contributed by atoms with E-state index in [0.717, 1.165) is 99.3 Å². The zero-order chi connectivity index (χ0) is 24.1. The lowest BCUT2D eigenvalue weighted by Gasteiger charge is -2.13. The van der Waals surface area contributed by atoms with Crippen LogP contribution in [-0.4, -0.2) is 11.9 Å². The first-order valence-corrected chi connectivity index (χ1v) is 13.0. The Morgan fingerprint density at radius 1 is 0.576 bits per heavy atom. The van der Waals surface area contributed by atoms with E-state index in [9.17, 15) is 9.59 Å². The van der Waals surface area contributed by atoms with E-state index < -0.39 is 11.9 Å². The molecule has 3 nitrogen and oxygen atoms in total. The van der Waals surface area contributed by atoms with Crippen LogP contribution in [0.5, 0.6) is 0 Å². The van der Waals surface area contributed by atoms with Crippen LogP contribution in [0.2, 0.25) is 0 Å². The number of rotatable bonds is 14. The van der Waals surface area contributed by atoms with Gasteiger partial charge in [-0.1, -0.05) is 77.6 Å². The smallest absolute Gasteiger partial charge is 0.346 e. The van der Waals surface area contributed by atoms with Gasteiger partial charge in [0.25, 0.3) is 0 Å². The van der Waals surface area contributed by atoms with Crippen LogP contribution < -0.4 is 0 Å². The van der Waals surface area contributed by atoms with E-state index >= 15 is 0 Å². The fraction of sp³-hybridized carbons (Fsp3) is 0.533. The van der Waals surface area contributed by atoms with Gasteiger partial charge in [0.1, 0.15) is 0 Å². The number of esters is 2. The molecule has 0 fully saturated rings. The van der Waals surface area contributed by atoms with Crippen LogP contribution in [0.3, 0.4) is 0 Å². The summed E-state index contributed by atoms with van der Waals surface area (Å²) >= 11 is 0. The molecule has 3 heteroatoms. The second-order valence-electron chi connectivity index (χ2n) is 9.07. The van der Waals surface area contributed by atoms with Crippen molar-refractivity contribution in [3.8, 4) is 0 Å². The number of ether oxygens (including phenoxy) is 1. The van der Waals surface area contributed by atoms with Gasteiger partial charge in [0.15, 0.2) is 0 Å². The number of hydrogen-bond donors (Lipinski definition) is 0. The fourth-order valence-corrected chi connectivity index (χ4v) is 4.06. The molecule has 0 spiro atoms. The van der Waals surface area contributed by atoms with Crippen LogP contribution >= 0.6 is 0 Å². The van der Waals surface area contributed by atoms with Crippen molar-refractivity contribution in [3.05, 3.63) is 69.8 Å². The molecule has 0 heterocycles. The van der Waals surface area contributed by atoms with Gasteiger partial charge < -0.3 is 4.74 Å². The van der Waals surface area contributed by atoms with E-state index in [1.165, 1.54) is 0 Å². The molecule has 2 aromatic carbocycles. The van der Waals surface area contributed by atoms with Crippen LogP contribution in [0.1, 0.15) is 122 Å². The zero-order valence-electron chi connectivity index (χ0n) is 21.2. The van der Waals surface area contributed by atoms with Gasteiger partial charge in [0.05, 0.1) is 11.1 Å². The molecular weight excluding hydrogens is 408 g/mol. The van der Waals surface area contributed by atoms with Crippen LogP contribution in [0, 0.1) is 0 Å². The molecule has 0 aliphatic rings. The number of carbonyl (C=O) groups excluding carboxylic acids is 2. The second kappa shape index (κ2) is 14.7. The van der Waals surface area contributed by atoms with Gasteiger partial charge in [-0.2, -0.15) is 0 Å². The maximum atomic E-state index is 13.2. The molecule has 0 saturated carbocycles. The Balaban J connectivity index is 2.30. The summed E-state index contributed by atoms with van der Waals surface area (Å²) < 4.78 is 5.50. The molecular formula is C30H42O3. The van der Waals surface area contributed by atoms with E-state index in [2.05, 4.69) is 39.8 Å². The van der Waals surface area contributed by atoms with Crippen molar-refractivity contribution >= 4 is 11.9 Å². The lowest BCUT2D eigenvalue weighted by atomic mass is 9.96. The van der Waals surface area contributed by atoms with Crippen molar-refractivity contribution in [2.45, 2.75) is 105 Å². The summed E-state index contributed by atoms with van der Waals surface area (Å²) in [4.78, 5) is 26.4. The van der Waals surface area contributed by atoms with Gasteiger partial charge in [-0.05, 0) is 85.8 Å². The Morgan fingerprint density at radius 2 is 0.939 bits per heavy atom. The predicted octanol–water partition coefficient (Wildman–Crippen LogP) is 8.05. The predicted molar refractivity (Wildman–Crippen MR) is 137 cm³/mol. The Bertz CT molecular complexity index is 824. The summed E-state index contributed by atoms with van der Waals surface area (Å²) in [6.45, 7) is 8.60. The molecule has 2 rings (SSSR count). The number of benzene rings is 2. The van der Waals surface area contributed by atoms with Gasteiger partial charge in [0.2, 0.25) is 0 Å². The minimum absolute atomic E-state index is 0.523. The van der Waals surface area contributed by atoms with E-state index in [-0.39, 0.29) is 0 Å². The van der Waals surface area contributed by atoms with Crippen molar-refractivity contribution in [2.75, 3.05) is 0 Å². The van der Waals surface area contributed by atoms with Crippen molar-refractivity contribution in [1.29, 1.82) is 0 Å². The highest BCUT2D eigenvalue weighted by Gasteiger charge is 2.21. The zero-order valence-corrected chi connectivity index (χ0v) is 21.2. The van der Waals surface area contributed by atoms with Gasteiger partial charge in [-0.3, -0.25) is 0 Å². The van der Waals surface area contributed by atoms with Gasteiger partial charge in [0, 0.05) is 0 Å². The van der Waals surface area contributed by atoms with Crippen molar-refractivity contribution < 1.29 is 14.3 Å². The average molecular weight is 451 g/mol. The standard InChI is InChI=1S/C30H42O3/c1-5-9-13-23-17-19-25(15-11-7-3)27(21-23)29(31)33-30(32)28-22-24(14-10-6-2)18-20-26(28)16-12-8-4/h17-22H,5-16H2,1-4H3. The van der Waals surface area contributed by atoms with Crippen molar-refractivity contribution in [3.63, 3.8) is 0 Å². The molecule has 0 saturated heterocycles. The van der Waals surface area contributed by atoms with Crippen LogP contribution in [0.25, 0.3) is 0 Å². The fourth-order valence-electron chi connectivity index (χ4n) is 4.06. The maximum absolute atomic E-state index is 13.2. The molecule has 0 atom stereocenters. The maximum Gasteiger partial charge on any atom is 0.346 e. The lowest BCUT2D eigenvalue weighted by Crippen LogP contribution is -2.17. The molecule has 0 aliphatic heterocycles. The summed E-state index contributed by atoms with van der Waals surface area (Å²) in [6.07, 6.45) is 12.0. The number of aryl methyl sites for hydroxylation is 4. The summed E-state index contributed by atoms with van der Waals surface area (Å²) in [7, 11) is 0. The van der Waals surface area contributed by atoms with E-state index in [1.807, 2.05) is 24.3 Å².